The minimum Gasteiger partial charge on any atom is -0.489 e. The van der Waals surface area contributed by atoms with Crippen molar-refractivity contribution in [3.63, 3.8) is 0 Å². The van der Waals surface area contributed by atoms with Crippen LogP contribution in [0.3, 0.4) is 0 Å². The van der Waals surface area contributed by atoms with Crippen molar-refractivity contribution in [1.82, 2.24) is 0 Å². The second-order valence-electron chi connectivity index (χ2n) is 5.14. The second-order valence-corrected chi connectivity index (χ2v) is 5.14. The molecule has 0 saturated heterocycles. The van der Waals surface area contributed by atoms with E-state index in [-0.39, 0.29) is 5.78 Å². The smallest absolute Gasteiger partial charge is 0.203 e. The van der Waals surface area contributed by atoms with E-state index in [1.165, 1.54) is 16.7 Å². The van der Waals surface area contributed by atoms with Gasteiger partial charge in [0.25, 0.3) is 0 Å². The highest BCUT2D eigenvalue weighted by Crippen LogP contribution is 2.22. The zero-order valence-electron chi connectivity index (χ0n) is 12.6. The van der Waals surface area contributed by atoms with Crippen molar-refractivity contribution < 1.29 is 9.53 Å². The first-order valence-corrected chi connectivity index (χ1v) is 6.86. The molecule has 0 aliphatic rings. The Hall–Kier alpha value is -2.42. The van der Waals surface area contributed by atoms with E-state index in [0.717, 1.165) is 17.5 Å². The van der Waals surface area contributed by atoms with Gasteiger partial charge in [0, 0.05) is 11.1 Å². The molecule has 2 rings (SSSR count). The van der Waals surface area contributed by atoms with Crippen LogP contribution in [-0.2, 0) is 6.61 Å². The maximum Gasteiger partial charge on any atom is 0.203 e. The summed E-state index contributed by atoms with van der Waals surface area (Å²) in [5.74, 6) is 0.498. The fourth-order valence-corrected chi connectivity index (χ4v) is 2.20. The molecule has 0 aliphatic heterocycles. The third-order valence-electron chi connectivity index (χ3n) is 3.71. The Kier molecular flexibility index (Phi) is 4.53. The van der Waals surface area contributed by atoms with E-state index in [1.807, 2.05) is 24.3 Å². The minimum atomic E-state index is -0.300. The van der Waals surface area contributed by atoms with E-state index in [4.69, 9.17) is 10.1 Å². The fourth-order valence-electron chi connectivity index (χ4n) is 2.20. The number of rotatable bonds is 5. The molecule has 21 heavy (non-hydrogen) atoms. The van der Waals surface area contributed by atoms with Crippen LogP contribution in [0.25, 0.3) is 0 Å². The number of Topliss-reactive ketones (excluding diaryl/α,β-unsaturated/α-hetero) is 1. The molecule has 108 valence electrons. The van der Waals surface area contributed by atoms with Crippen LogP contribution in [-0.4, -0.2) is 12.0 Å². The monoisotopic (exact) mass is 281 g/mol. The van der Waals surface area contributed by atoms with Crippen molar-refractivity contribution in [2.45, 2.75) is 27.4 Å². The van der Waals surface area contributed by atoms with Crippen LogP contribution < -0.4 is 4.74 Å². The molecule has 0 bridgehead atoms. The highest BCUT2D eigenvalue weighted by Gasteiger charge is 2.09. The Morgan fingerprint density at radius 2 is 1.76 bits per heavy atom. The van der Waals surface area contributed by atoms with Crippen LogP contribution in [0.1, 0.15) is 32.6 Å². The molecule has 2 aromatic rings. The third kappa shape index (κ3) is 3.37. The van der Waals surface area contributed by atoms with Gasteiger partial charge in [-0.25, -0.2) is 0 Å². The zero-order chi connectivity index (χ0) is 15.4. The molecule has 0 unspecified atom stereocenters. The summed E-state index contributed by atoms with van der Waals surface area (Å²) in [5.41, 5.74) is 4.96. The molecule has 0 spiro atoms. The van der Waals surface area contributed by atoms with Crippen LogP contribution >= 0.6 is 0 Å². The van der Waals surface area contributed by atoms with Crippen molar-refractivity contribution in [2.75, 3.05) is 0 Å². The number of ether oxygens (including phenoxy) is 1. The number of hydrogen-bond donors (Lipinski definition) is 1. The van der Waals surface area contributed by atoms with Gasteiger partial charge in [0.2, 0.25) is 5.78 Å². The first kappa shape index (κ1) is 15.0. The Bertz CT molecular complexity index is 666. The quantitative estimate of drug-likeness (QED) is 0.664. The molecule has 0 atom stereocenters. The summed E-state index contributed by atoms with van der Waals surface area (Å²) < 4.78 is 5.82. The van der Waals surface area contributed by atoms with E-state index in [1.54, 1.807) is 12.1 Å². The summed E-state index contributed by atoms with van der Waals surface area (Å²) in [5, 5.41) is 7.10. The van der Waals surface area contributed by atoms with E-state index >= 15 is 0 Å². The topological polar surface area (TPSA) is 50.2 Å². The lowest BCUT2D eigenvalue weighted by Gasteiger charge is -2.12. The van der Waals surface area contributed by atoms with Gasteiger partial charge in [-0.15, -0.1) is 0 Å². The van der Waals surface area contributed by atoms with Gasteiger partial charge in [0.1, 0.15) is 12.4 Å². The van der Waals surface area contributed by atoms with E-state index in [2.05, 4.69) is 20.8 Å². The van der Waals surface area contributed by atoms with Crippen molar-refractivity contribution in [3.8, 4) is 5.75 Å². The molecule has 1 N–H and O–H groups in total. The molecule has 0 radical (unpaired) electrons. The summed E-state index contributed by atoms with van der Waals surface area (Å²) in [7, 11) is 0. The molecule has 0 aromatic heterocycles. The molecular weight excluding hydrogens is 262 g/mol. The molecule has 0 amide bonds. The van der Waals surface area contributed by atoms with Crippen molar-refractivity contribution in [2.24, 2.45) is 0 Å². The zero-order valence-corrected chi connectivity index (χ0v) is 12.6. The Labute approximate surface area is 125 Å². The lowest BCUT2D eigenvalue weighted by atomic mass is 10.0. The summed E-state index contributed by atoms with van der Waals surface area (Å²) in [6, 6.07) is 11.2. The van der Waals surface area contributed by atoms with E-state index < -0.39 is 0 Å². The molecule has 0 aliphatic carbocycles. The number of carbonyl (C=O) groups is 1. The highest BCUT2D eigenvalue weighted by atomic mass is 16.5. The third-order valence-corrected chi connectivity index (χ3v) is 3.71. The van der Waals surface area contributed by atoms with Crippen LogP contribution in [0, 0.1) is 26.2 Å². The number of nitrogens with one attached hydrogen (secondary N) is 1. The molecule has 3 heteroatoms. The summed E-state index contributed by atoms with van der Waals surface area (Å²) in [6.07, 6.45) is 0.832. The average molecular weight is 281 g/mol. The maximum atomic E-state index is 11.7. The lowest BCUT2D eigenvalue weighted by molar-refractivity contribution is 0.106. The van der Waals surface area contributed by atoms with Crippen LogP contribution in [0.2, 0.25) is 0 Å². The van der Waals surface area contributed by atoms with Gasteiger partial charge in [-0.1, -0.05) is 24.3 Å². The first-order chi connectivity index (χ1) is 10.0. The van der Waals surface area contributed by atoms with Crippen LogP contribution in [0.15, 0.2) is 36.4 Å². The normalized spacial score (nSPS) is 10.2. The van der Waals surface area contributed by atoms with E-state index in [9.17, 15) is 4.79 Å². The second kappa shape index (κ2) is 6.35. The Balaban J connectivity index is 2.21. The van der Waals surface area contributed by atoms with Crippen molar-refractivity contribution in [1.29, 1.82) is 5.41 Å². The SMILES string of the molecule is Cc1cc(OCc2ccccc2C(=O)C=N)cc(C)c1C. The predicted molar refractivity (Wildman–Crippen MR) is 84.5 cm³/mol. The van der Waals surface area contributed by atoms with Gasteiger partial charge in [-0.05, 0) is 49.6 Å². The number of ketones is 1. The van der Waals surface area contributed by atoms with Crippen LogP contribution in [0.5, 0.6) is 5.75 Å². The average Bonchev–Trinajstić information content (AvgIpc) is 2.50. The van der Waals surface area contributed by atoms with Crippen molar-refractivity contribution >= 4 is 12.0 Å². The van der Waals surface area contributed by atoms with Gasteiger partial charge in [-0.2, -0.15) is 0 Å². The Morgan fingerprint density at radius 1 is 1.14 bits per heavy atom. The molecule has 0 heterocycles. The highest BCUT2D eigenvalue weighted by molar-refractivity contribution is 6.34. The molecule has 0 saturated carbocycles. The number of carbonyl (C=O) groups excluding carboxylic acids is 1. The van der Waals surface area contributed by atoms with Crippen molar-refractivity contribution in [3.05, 3.63) is 64.2 Å². The minimum absolute atomic E-state index is 0.300. The van der Waals surface area contributed by atoms with Gasteiger partial charge in [-0.3, -0.25) is 4.79 Å². The largest absolute Gasteiger partial charge is 0.489 e. The molecular formula is C18H19NO2. The van der Waals surface area contributed by atoms with Gasteiger partial charge >= 0.3 is 0 Å². The van der Waals surface area contributed by atoms with Gasteiger partial charge in [0.05, 0.1) is 6.21 Å². The molecule has 2 aromatic carbocycles. The van der Waals surface area contributed by atoms with Gasteiger partial charge < -0.3 is 10.1 Å². The molecule has 3 nitrogen and oxygen atoms in total. The predicted octanol–water partition coefficient (Wildman–Crippen LogP) is 4.02. The number of benzene rings is 2. The fraction of sp³-hybridized carbons (Fsp3) is 0.222. The summed E-state index contributed by atoms with van der Waals surface area (Å²) >= 11 is 0. The Morgan fingerprint density at radius 3 is 2.38 bits per heavy atom. The van der Waals surface area contributed by atoms with E-state index in [0.29, 0.717) is 12.2 Å². The maximum absolute atomic E-state index is 11.7. The first-order valence-electron chi connectivity index (χ1n) is 6.86. The summed E-state index contributed by atoms with van der Waals surface area (Å²) in [4.78, 5) is 11.7. The van der Waals surface area contributed by atoms with Crippen LogP contribution in [0.4, 0.5) is 0 Å². The molecule has 0 fully saturated rings. The standard InChI is InChI=1S/C18H19NO2/c1-12-8-16(9-13(2)14(12)3)21-11-15-6-4-5-7-17(15)18(20)10-19/h4-10,19H,11H2,1-3H3. The number of aryl methyl sites for hydroxylation is 2. The lowest BCUT2D eigenvalue weighted by Crippen LogP contribution is -2.07. The number of hydrogen-bond acceptors (Lipinski definition) is 3. The van der Waals surface area contributed by atoms with Gasteiger partial charge in [0.15, 0.2) is 0 Å². The summed E-state index contributed by atoms with van der Waals surface area (Å²) in [6.45, 7) is 6.52.